The monoisotopic (exact) mass is 263 g/mol. The van der Waals surface area contributed by atoms with E-state index in [0.717, 1.165) is 11.6 Å². The molecule has 0 bridgehead atoms. The van der Waals surface area contributed by atoms with E-state index in [2.05, 4.69) is 0 Å². The Hall–Kier alpha value is -2.07. The van der Waals surface area contributed by atoms with E-state index in [1.54, 1.807) is 0 Å². The molecule has 2 rings (SSSR count). The van der Waals surface area contributed by atoms with Crippen molar-refractivity contribution in [2.24, 2.45) is 0 Å². The predicted molar refractivity (Wildman–Crippen MR) is 69.0 cm³/mol. The molecule has 1 N–H and O–H groups in total. The van der Waals surface area contributed by atoms with E-state index in [9.17, 15) is 15.2 Å². The Morgan fingerprint density at radius 3 is 2.50 bits per heavy atom. The Balaban J connectivity index is 2.41. The first-order valence-corrected chi connectivity index (χ1v) is 5.65. The molecule has 0 aliphatic rings. The maximum absolute atomic E-state index is 10.7. The molecule has 0 amide bonds. The molecular formula is C13H10ClNO3. The van der Waals surface area contributed by atoms with Gasteiger partial charge in [-0.3, -0.25) is 10.1 Å². The summed E-state index contributed by atoms with van der Waals surface area (Å²) in [6.45, 7) is 0. The number of halogens is 1. The third-order valence-electron chi connectivity index (χ3n) is 2.58. The molecule has 5 heteroatoms. The maximum Gasteiger partial charge on any atom is 0.271 e. The van der Waals surface area contributed by atoms with Crippen LogP contribution in [0.5, 0.6) is 5.75 Å². The highest BCUT2D eigenvalue weighted by molar-refractivity contribution is 6.32. The summed E-state index contributed by atoms with van der Waals surface area (Å²) in [6, 6.07) is 11.9. The second-order valence-electron chi connectivity index (χ2n) is 3.85. The van der Waals surface area contributed by atoms with Crippen LogP contribution >= 0.6 is 11.6 Å². The van der Waals surface area contributed by atoms with E-state index in [0.29, 0.717) is 12.0 Å². The number of nitrogens with zero attached hydrogens (tertiary/aromatic N) is 1. The molecule has 92 valence electrons. The fourth-order valence-corrected chi connectivity index (χ4v) is 1.93. The molecule has 0 spiro atoms. The van der Waals surface area contributed by atoms with E-state index < -0.39 is 4.92 Å². The van der Waals surface area contributed by atoms with Gasteiger partial charge in [0, 0.05) is 24.1 Å². The predicted octanol–water partition coefficient (Wildman–Crippen LogP) is 3.54. The van der Waals surface area contributed by atoms with Gasteiger partial charge in [0.1, 0.15) is 5.75 Å². The number of aromatic hydroxyl groups is 1. The quantitative estimate of drug-likeness (QED) is 0.680. The SMILES string of the molecule is O=[N+]([O-])c1cc(Cl)c(O)c(Cc2ccccc2)c1. The normalized spacial score (nSPS) is 10.3. The van der Waals surface area contributed by atoms with E-state index in [1.807, 2.05) is 30.3 Å². The molecule has 0 radical (unpaired) electrons. The minimum absolute atomic E-state index is 0.00451. The van der Waals surface area contributed by atoms with Crippen molar-refractivity contribution in [1.29, 1.82) is 0 Å². The fourth-order valence-electron chi connectivity index (χ4n) is 1.70. The van der Waals surface area contributed by atoms with Gasteiger partial charge in [-0.05, 0) is 5.56 Å². The molecule has 0 unspecified atom stereocenters. The van der Waals surface area contributed by atoms with Gasteiger partial charge in [-0.15, -0.1) is 0 Å². The summed E-state index contributed by atoms with van der Waals surface area (Å²) in [7, 11) is 0. The lowest BCUT2D eigenvalue weighted by molar-refractivity contribution is -0.384. The Bertz CT molecular complexity index is 584. The minimum Gasteiger partial charge on any atom is -0.506 e. The minimum atomic E-state index is -0.528. The summed E-state index contributed by atoms with van der Waals surface area (Å²) in [6.07, 6.45) is 0.397. The van der Waals surface area contributed by atoms with Crippen molar-refractivity contribution in [3.63, 3.8) is 0 Å². The van der Waals surface area contributed by atoms with Crippen LogP contribution in [0.4, 0.5) is 5.69 Å². The summed E-state index contributed by atoms with van der Waals surface area (Å²) in [5.41, 5.74) is 1.27. The second-order valence-corrected chi connectivity index (χ2v) is 4.26. The van der Waals surface area contributed by atoms with Crippen LogP contribution in [0.2, 0.25) is 5.02 Å². The van der Waals surface area contributed by atoms with Gasteiger partial charge in [0.15, 0.2) is 0 Å². The van der Waals surface area contributed by atoms with Gasteiger partial charge < -0.3 is 5.11 Å². The van der Waals surface area contributed by atoms with E-state index in [-0.39, 0.29) is 16.5 Å². The average Bonchev–Trinajstić information content (AvgIpc) is 2.35. The van der Waals surface area contributed by atoms with Crippen LogP contribution in [-0.2, 0) is 6.42 Å². The third-order valence-corrected chi connectivity index (χ3v) is 2.86. The van der Waals surface area contributed by atoms with Crippen LogP contribution in [-0.4, -0.2) is 10.0 Å². The highest BCUT2D eigenvalue weighted by Crippen LogP contribution is 2.33. The van der Waals surface area contributed by atoms with Gasteiger partial charge in [0.05, 0.1) is 9.95 Å². The van der Waals surface area contributed by atoms with Crippen LogP contribution in [0, 0.1) is 10.1 Å². The molecule has 0 aliphatic carbocycles. The van der Waals surface area contributed by atoms with Crippen molar-refractivity contribution in [3.8, 4) is 5.75 Å². The molecule has 0 fully saturated rings. The number of nitro benzene ring substituents is 1. The van der Waals surface area contributed by atoms with E-state index in [4.69, 9.17) is 11.6 Å². The Labute approximate surface area is 109 Å². The number of nitro groups is 1. The van der Waals surface area contributed by atoms with Crippen LogP contribution in [0.15, 0.2) is 42.5 Å². The number of phenols is 1. The summed E-state index contributed by atoms with van der Waals surface area (Å²) in [5, 5.41) is 20.5. The largest absolute Gasteiger partial charge is 0.506 e. The Kier molecular flexibility index (Phi) is 3.48. The average molecular weight is 264 g/mol. The van der Waals surface area contributed by atoms with Gasteiger partial charge in [0.25, 0.3) is 5.69 Å². The highest BCUT2D eigenvalue weighted by Gasteiger charge is 2.15. The zero-order chi connectivity index (χ0) is 13.1. The Morgan fingerprint density at radius 2 is 1.89 bits per heavy atom. The van der Waals surface area contributed by atoms with Crippen LogP contribution in [0.25, 0.3) is 0 Å². The zero-order valence-corrected chi connectivity index (χ0v) is 10.1. The van der Waals surface area contributed by atoms with Gasteiger partial charge in [0.2, 0.25) is 0 Å². The smallest absolute Gasteiger partial charge is 0.271 e. The number of phenolic OH excluding ortho intramolecular Hbond substituents is 1. The number of non-ortho nitro benzene ring substituents is 1. The van der Waals surface area contributed by atoms with Crippen LogP contribution in [0.1, 0.15) is 11.1 Å². The molecule has 0 saturated heterocycles. The third kappa shape index (κ3) is 2.60. The molecule has 2 aromatic carbocycles. The van der Waals surface area contributed by atoms with Crippen molar-refractivity contribution in [2.45, 2.75) is 6.42 Å². The van der Waals surface area contributed by atoms with Crippen LogP contribution < -0.4 is 0 Å². The summed E-state index contributed by atoms with van der Waals surface area (Å²) >= 11 is 5.77. The maximum atomic E-state index is 10.7. The molecule has 0 aliphatic heterocycles. The summed E-state index contributed by atoms with van der Waals surface area (Å²) < 4.78 is 0. The van der Waals surface area contributed by atoms with E-state index >= 15 is 0 Å². The van der Waals surface area contributed by atoms with Crippen molar-refractivity contribution in [1.82, 2.24) is 0 Å². The van der Waals surface area contributed by atoms with Crippen molar-refractivity contribution in [3.05, 3.63) is 68.7 Å². The van der Waals surface area contributed by atoms with E-state index in [1.165, 1.54) is 6.07 Å². The number of hydrogen-bond donors (Lipinski definition) is 1. The lowest BCUT2D eigenvalue weighted by atomic mass is 10.0. The van der Waals surface area contributed by atoms with Crippen molar-refractivity contribution >= 4 is 17.3 Å². The number of rotatable bonds is 3. The first-order chi connectivity index (χ1) is 8.58. The van der Waals surface area contributed by atoms with Gasteiger partial charge in [-0.25, -0.2) is 0 Å². The molecule has 0 atom stereocenters. The lowest BCUT2D eigenvalue weighted by Crippen LogP contribution is -1.94. The number of hydrogen-bond acceptors (Lipinski definition) is 3. The Morgan fingerprint density at radius 1 is 1.22 bits per heavy atom. The second kappa shape index (κ2) is 5.06. The fraction of sp³-hybridized carbons (Fsp3) is 0.0769. The molecule has 0 saturated carbocycles. The highest BCUT2D eigenvalue weighted by atomic mass is 35.5. The summed E-state index contributed by atoms with van der Waals surface area (Å²) in [4.78, 5) is 10.2. The van der Waals surface area contributed by atoms with Crippen LogP contribution in [0.3, 0.4) is 0 Å². The van der Waals surface area contributed by atoms with Gasteiger partial charge >= 0.3 is 0 Å². The molecule has 18 heavy (non-hydrogen) atoms. The first kappa shape index (κ1) is 12.4. The van der Waals surface area contributed by atoms with Gasteiger partial charge in [-0.2, -0.15) is 0 Å². The molecule has 4 nitrogen and oxygen atoms in total. The lowest BCUT2D eigenvalue weighted by Gasteiger charge is -2.06. The number of benzene rings is 2. The molecule has 2 aromatic rings. The van der Waals surface area contributed by atoms with Crippen molar-refractivity contribution in [2.75, 3.05) is 0 Å². The van der Waals surface area contributed by atoms with Crippen molar-refractivity contribution < 1.29 is 10.0 Å². The van der Waals surface area contributed by atoms with Gasteiger partial charge in [-0.1, -0.05) is 41.9 Å². The molecular weight excluding hydrogens is 254 g/mol. The molecule has 0 heterocycles. The standard InChI is InChI=1S/C13H10ClNO3/c14-12-8-11(15(17)18)7-10(13(12)16)6-9-4-2-1-3-5-9/h1-5,7-8,16H,6H2. The molecule has 0 aromatic heterocycles. The first-order valence-electron chi connectivity index (χ1n) is 5.27. The topological polar surface area (TPSA) is 63.4 Å². The summed E-state index contributed by atoms with van der Waals surface area (Å²) in [5.74, 6) is -0.105. The zero-order valence-electron chi connectivity index (χ0n) is 9.34.